The average molecular weight is 351 g/mol. The summed E-state index contributed by atoms with van der Waals surface area (Å²) in [5, 5.41) is 2.95. The molecule has 2 fully saturated rings. The molecule has 130 valence electrons. The lowest BCUT2D eigenvalue weighted by Gasteiger charge is -2.29. The maximum atomic E-state index is 12.1. The van der Waals surface area contributed by atoms with E-state index in [-0.39, 0.29) is 13.0 Å². The van der Waals surface area contributed by atoms with Gasteiger partial charge in [0.25, 0.3) is 5.91 Å². The quantitative estimate of drug-likeness (QED) is 0.348. The van der Waals surface area contributed by atoms with E-state index in [1.54, 1.807) is 6.92 Å². The predicted molar refractivity (Wildman–Crippen MR) is 73.7 cm³/mol. The van der Waals surface area contributed by atoms with Crippen LogP contribution in [0.15, 0.2) is 0 Å². The van der Waals surface area contributed by atoms with Crippen molar-refractivity contribution in [2.75, 3.05) is 13.1 Å². The molecule has 2 atom stereocenters. The van der Waals surface area contributed by atoms with Crippen molar-refractivity contribution < 1.29 is 31.6 Å². The Bertz CT molecular complexity index is 609. The van der Waals surface area contributed by atoms with Gasteiger partial charge >= 0.3 is 22.5 Å². The van der Waals surface area contributed by atoms with Crippen LogP contribution < -0.4 is 16.2 Å². The van der Waals surface area contributed by atoms with Crippen molar-refractivity contribution in [2.45, 2.75) is 31.8 Å². The second-order valence-electron chi connectivity index (χ2n) is 4.98. The molecule has 13 heteroatoms. The summed E-state index contributed by atoms with van der Waals surface area (Å²) in [7, 11) is -4.83. The van der Waals surface area contributed by atoms with Crippen molar-refractivity contribution in [3.8, 4) is 0 Å². The smallest absolute Gasteiger partial charge is 0.337 e. The van der Waals surface area contributed by atoms with E-state index in [9.17, 15) is 22.8 Å². The fourth-order valence-corrected chi connectivity index (χ4v) is 2.90. The molecule has 4 N–H and O–H groups in total. The molecule has 5 amide bonds. The number of rotatable bonds is 4. The number of nitrogens with zero attached hydrogens (tertiary/aromatic N) is 2. The van der Waals surface area contributed by atoms with Crippen molar-refractivity contribution in [3.63, 3.8) is 0 Å². The van der Waals surface area contributed by atoms with Crippen LogP contribution in [-0.2, 0) is 19.5 Å². The first-order valence-electron chi connectivity index (χ1n) is 6.83. The van der Waals surface area contributed by atoms with E-state index in [4.69, 9.17) is 4.55 Å². The van der Waals surface area contributed by atoms with Gasteiger partial charge in [-0.3, -0.25) is 14.8 Å². The molecule has 2 rings (SSSR count). The molecule has 0 spiro atoms. The lowest BCUT2D eigenvalue weighted by Crippen LogP contribution is -2.55. The highest BCUT2D eigenvalue weighted by Crippen LogP contribution is 2.30. The summed E-state index contributed by atoms with van der Waals surface area (Å²) < 4.78 is 34.5. The van der Waals surface area contributed by atoms with Crippen LogP contribution in [0.4, 0.5) is 9.59 Å². The topological polar surface area (TPSA) is 157 Å². The van der Waals surface area contributed by atoms with E-state index < -0.39 is 40.5 Å². The van der Waals surface area contributed by atoms with E-state index in [0.29, 0.717) is 18.0 Å². The largest absolute Gasteiger partial charge is 0.418 e. The fourth-order valence-electron chi connectivity index (χ4n) is 2.51. The second kappa shape index (κ2) is 6.55. The van der Waals surface area contributed by atoms with Crippen LogP contribution in [-0.4, -0.2) is 66.1 Å². The molecule has 0 aromatic rings. The number of hydroxylamine groups is 2. The zero-order valence-corrected chi connectivity index (χ0v) is 13.0. The van der Waals surface area contributed by atoms with E-state index in [1.807, 2.05) is 0 Å². The normalized spacial score (nSPS) is 23.7. The number of nitrogens with one attached hydrogen (secondary N) is 3. The van der Waals surface area contributed by atoms with Gasteiger partial charge in [0.05, 0.1) is 6.04 Å². The predicted octanol–water partition coefficient (Wildman–Crippen LogP) is -1.66. The number of piperidine rings is 1. The number of amides is 5. The Morgan fingerprint density at radius 1 is 1.35 bits per heavy atom. The molecule has 2 heterocycles. The van der Waals surface area contributed by atoms with Gasteiger partial charge in [0.1, 0.15) is 6.04 Å². The SMILES string of the molecule is CCNC(=O)NNC(=O)[C@@H]1CC[C@@H]2CN1C(=O)N2OS(=O)(=O)O. The minimum Gasteiger partial charge on any atom is -0.337 e. The summed E-state index contributed by atoms with van der Waals surface area (Å²) >= 11 is 0. The van der Waals surface area contributed by atoms with Crippen LogP contribution in [0.3, 0.4) is 0 Å². The van der Waals surface area contributed by atoms with Gasteiger partial charge in [-0.25, -0.2) is 15.0 Å². The number of fused-ring (bicyclic) bond motifs is 2. The van der Waals surface area contributed by atoms with Gasteiger partial charge in [0, 0.05) is 13.1 Å². The molecule has 2 aliphatic heterocycles. The lowest BCUT2D eigenvalue weighted by molar-refractivity contribution is -0.126. The number of hydrogen-bond donors (Lipinski definition) is 4. The van der Waals surface area contributed by atoms with Gasteiger partial charge in [-0.05, 0) is 19.8 Å². The van der Waals surface area contributed by atoms with Crippen molar-refractivity contribution in [3.05, 3.63) is 0 Å². The number of carbonyl (C=O) groups excluding carboxylic acids is 3. The Labute approximate surface area is 132 Å². The van der Waals surface area contributed by atoms with Crippen molar-refractivity contribution in [2.24, 2.45) is 0 Å². The molecule has 0 saturated carbocycles. The highest BCUT2D eigenvalue weighted by Gasteiger charge is 2.49. The maximum absolute atomic E-state index is 12.1. The Morgan fingerprint density at radius 2 is 2.04 bits per heavy atom. The summed E-state index contributed by atoms with van der Waals surface area (Å²) in [6.07, 6.45) is 0.557. The van der Waals surface area contributed by atoms with Gasteiger partial charge < -0.3 is 10.2 Å². The molecule has 0 aliphatic carbocycles. The highest BCUT2D eigenvalue weighted by atomic mass is 32.3. The molecular weight excluding hydrogens is 334 g/mol. The third-order valence-electron chi connectivity index (χ3n) is 3.44. The van der Waals surface area contributed by atoms with E-state index in [2.05, 4.69) is 20.5 Å². The molecule has 0 aromatic carbocycles. The first-order valence-corrected chi connectivity index (χ1v) is 8.20. The first-order chi connectivity index (χ1) is 10.7. The monoisotopic (exact) mass is 351 g/mol. The molecule has 0 aromatic heterocycles. The number of hydrogen-bond acceptors (Lipinski definition) is 6. The Balaban J connectivity index is 1.98. The Morgan fingerprint density at radius 3 is 2.65 bits per heavy atom. The number of hydrazine groups is 1. The van der Waals surface area contributed by atoms with Crippen LogP contribution >= 0.6 is 0 Å². The molecule has 0 radical (unpaired) electrons. The van der Waals surface area contributed by atoms with Crippen molar-refractivity contribution >= 4 is 28.4 Å². The Hall–Kier alpha value is -2.12. The van der Waals surface area contributed by atoms with Crippen LogP contribution in [0.5, 0.6) is 0 Å². The van der Waals surface area contributed by atoms with Crippen molar-refractivity contribution in [1.29, 1.82) is 0 Å². The summed E-state index contributed by atoms with van der Waals surface area (Å²) in [6, 6.07) is -2.90. The molecule has 2 saturated heterocycles. The van der Waals surface area contributed by atoms with Gasteiger partial charge in [-0.2, -0.15) is 13.5 Å². The van der Waals surface area contributed by atoms with Gasteiger partial charge in [0.2, 0.25) is 0 Å². The molecule has 2 bridgehead atoms. The van der Waals surface area contributed by atoms with Gasteiger partial charge in [0.15, 0.2) is 0 Å². The molecule has 2 aliphatic rings. The highest BCUT2D eigenvalue weighted by molar-refractivity contribution is 7.80. The van der Waals surface area contributed by atoms with E-state index >= 15 is 0 Å². The Kier molecular flexibility index (Phi) is 4.91. The molecule has 23 heavy (non-hydrogen) atoms. The second-order valence-corrected chi connectivity index (χ2v) is 5.99. The van der Waals surface area contributed by atoms with Crippen LogP contribution in [0.1, 0.15) is 19.8 Å². The van der Waals surface area contributed by atoms with Crippen molar-refractivity contribution in [1.82, 2.24) is 26.1 Å². The third kappa shape index (κ3) is 4.00. The summed E-state index contributed by atoms with van der Waals surface area (Å²) in [5.74, 6) is -0.614. The molecule has 0 unspecified atom stereocenters. The standard InChI is InChI=1S/C10H17N5O7S/c1-2-11-9(17)13-12-8(16)7-4-3-6-5-14(7)10(18)15(6)22-23(19,20)21/h6-7H,2-5H2,1H3,(H,12,16)(H2,11,13,17)(H,19,20,21)/t6-,7+/m1/s1. The maximum Gasteiger partial charge on any atom is 0.418 e. The lowest BCUT2D eigenvalue weighted by atomic mass is 10.0. The minimum absolute atomic E-state index is 0.0770. The first kappa shape index (κ1) is 17.2. The van der Waals surface area contributed by atoms with Crippen LogP contribution in [0, 0.1) is 0 Å². The van der Waals surface area contributed by atoms with Gasteiger partial charge in [-0.1, -0.05) is 0 Å². The summed E-state index contributed by atoms with van der Waals surface area (Å²) in [4.78, 5) is 36.5. The summed E-state index contributed by atoms with van der Waals surface area (Å²) in [5.41, 5.74) is 4.32. The van der Waals surface area contributed by atoms with Crippen LogP contribution in [0.2, 0.25) is 0 Å². The summed E-state index contributed by atoms with van der Waals surface area (Å²) in [6.45, 7) is 2.16. The fraction of sp³-hybridized carbons (Fsp3) is 0.700. The average Bonchev–Trinajstić information content (AvgIpc) is 2.69. The third-order valence-corrected chi connectivity index (χ3v) is 3.79. The number of urea groups is 2. The van der Waals surface area contributed by atoms with Gasteiger partial charge in [-0.15, -0.1) is 4.28 Å². The zero-order valence-electron chi connectivity index (χ0n) is 12.2. The minimum atomic E-state index is -4.83. The zero-order chi connectivity index (χ0) is 17.2. The molecule has 12 nitrogen and oxygen atoms in total. The van der Waals surface area contributed by atoms with E-state index in [1.165, 1.54) is 0 Å². The van der Waals surface area contributed by atoms with Crippen LogP contribution in [0.25, 0.3) is 0 Å². The van der Waals surface area contributed by atoms with E-state index in [0.717, 1.165) is 4.90 Å². The molecular formula is C10H17N5O7S. The number of carbonyl (C=O) groups is 3.